The first-order valence-corrected chi connectivity index (χ1v) is 8.18. The fourth-order valence-electron chi connectivity index (χ4n) is 2.78. The van der Waals surface area contributed by atoms with E-state index in [4.69, 9.17) is 4.74 Å². The van der Waals surface area contributed by atoms with Crippen LogP contribution in [0.25, 0.3) is 12.3 Å². The summed E-state index contributed by atoms with van der Waals surface area (Å²) in [7, 11) is 0. The fourth-order valence-corrected chi connectivity index (χ4v) is 2.78. The summed E-state index contributed by atoms with van der Waals surface area (Å²) in [6.45, 7) is 5.97. The van der Waals surface area contributed by atoms with Gasteiger partial charge in [-0.3, -0.25) is 4.79 Å². The predicted molar refractivity (Wildman–Crippen MR) is 94.8 cm³/mol. The van der Waals surface area contributed by atoms with Crippen LogP contribution < -0.4 is 10.2 Å². The molecule has 0 atom stereocenters. The molecule has 0 amide bonds. The largest absolute Gasteiger partial charge is 0.490 e. The van der Waals surface area contributed by atoms with Crippen LogP contribution in [0.1, 0.15) is 41.8 Å². The molecule has 0 N–H and O–H groups in total. The summed E-state index contributed by atoms with van der Waals surface area (Å²) in [5.74, 6) is 0.977. The maximum Gasteiger partial charge on any atom is 0.182 e. The van der Waals surface area contributed by atoms with Crippen molar-refractivity contribution < 1.29 is 4.74 Å². The molecule has 1 aromatic heterocycles. The van der Waals surface area contributed by atoms with Gasteiger partial charge in [-0.2, -0.15) is 0 Å². The van der Waals surface area contributed by atoms with Crippen LogP contribution in [0.4, 0.5) is 0 Å². The van der Waals surface area contributed by atoms with Crippen LogP contribution in [-0.4, -0.2) is 10.7 Å². The zero-order valence-electron chi connectivity index (χ0n) is 14.0. The molecular weight excluding hydrogens is 286 g/mol. The molecule has 0 saturated heterocycles. The maximum atomic E-state index is 11.5. The van der Waals surface area contributed by atoms with Gasteiger partial charge < -0.3 is 9.30 Å². The molecule has 0 spiro atoms. The van der Waals surface area contributed by atoms with Gasteiger partial charge in [0.05, 0.1) is 6.10 Å². The van der Waals surface area contributed by atoms with Gasteiger partial charge in [0.2, 0.25) is 0 Å². The van der Waals surface area contributed by atoms with Crippen molar-refractivity contribution in [3.63, 3.8) is 0 Å². The van der Waals surface area contributed by atoms with E-state index >= 15 is 0 Å². The number of hydrogen-bond donors (Lipinski definition) is 0. The molecule has 23 heavy (non-hydrogen) atoms. The molecule has 1 saturated carbocycles. The number of benzene rings is 1. The summed E-state index contributed by atoms with van der Waals surface area (Å²) < 4.78 is 8.08. The fraction of sp³-hybridized carbons (Fsp3) is 0.350. The molecule has 0 unspecified atom stereocenters. The number of pyridine rings is 1. The van der Waals surface area contributed by atoms with Gasteiger partial charge in [0, 0.05) is 29.7 Å². The predicted octanol–water partition coefficient (Wildman–Crippen LogP) is 4.33. The van der Waals surface area contributed by atoms with Crippen LogP contribution in [-0.2, 0) is 0 Å². The maximum absolute atomic E-state index is 11.5. The minimum Gasteiger partial charge on any atom is -0.490 e. The van der Waals surface area contributed by atoms with E-state index in [2.05, 4.69) is 31.2 Å². The lowest BCUT2D eigenvalue weighted by molar-refractivity contribution is 0.119. The third-order valence-corrected chi connectivity index (χ3v) is 4.44. The zero-order chi connectivity index (χ0) is 16.4. The highest BCUT2D eigenvalue weighted by Gasteiger charge is 2.19. The van der Waals surface area contributed by atoms with Crippen LogP contribution in [0.2, 0.25) is 0 Å². The summed E-state index contributed by atoms with van der Waals surface area (Å²) in [6, 6.07) is 9.58. The lowest BCUT2D eigenvalue weighted by Crippen LogP contribution is -2.24. The average molecular weight is 309 g/mol. The second kappa shape index (κ2) is 6.45. The van der Waals surface area contributed by atoms with Crippen molar-refractivity contribution in [3.05, 3.63) is 63.1 Å². The number of aromatic nitrogens is 1. The van der Waals surface area contributed by atoms with Crippen LogP contribution in [0, 0.1) is 20.8 Å². The smallest absolute Gasteiger partial charge is 0.182 e. The van der Waals surface area contributed by atoms with Crippen LogP contribution in [0.3, 0.4) is 0 Å². The Kier molecular flexibility index (Phi) is 4.37. The number of nitrogens with zero attached hydrogens (tertiary/aromatic N) is 1. The van der Waals surface area contributed by atoms with Crippen molar-refractivity contribution in [2.75, 3.05) is 0 Å². The Hall–Kier alpha value is -2.29. The molecule has 0 radical (unpaired) electrons. The lowest BCUT2D eigenvalue weighted by Gasteiger charge is -2.27. The van der Waals surface area contributed by atoms with E-state index in [9.17, 15) is 4.79 Å². The summed E-state index contributed by atoms with van der Waals surface area (Å²) in [4.78, 5) is 11.5. The van der Waals surface area contributed by atoms with Crippen molar-refractivity contribution in [2.45, 2.75) is 46.1 Å². The zero-order valence-corrected chi connectivity index (χ0v) is 14.0. The van der Waals surface area contributed by atoms with Crippen LogP contribution in [0.15, 0.2) is 35.1 Å². The van der Waals surface area contributed by atoms with E-state index in [0.717, 1.165) is 35.5 Å². The molecule has 1 aliphatic carbocycles. The Morgan fingerprint density at radius 3 is 2.39 bits per heavy atom. The van der Waals surface area contributed by atoms with Gasteiger partial charge >= 0.3 is 0 Å². The number of aryl methyl sites for hydroxylation is 3. The number of ether oxygens (including phenoxy) is 1. The molecule has 0 aliphatic heterocycles. The summed E-state index contributed by atoms with van der Waals surface area (Å²) in [6.07, 6.45) is 8.04. The Bertz CT molecular complexity index is 772. The van der Waals surface area contributed by atoms with E-state index in [0.29, 0.717) is 6.10 Å². The van der Waals surface area contributed by atoms with Crippen molar-refractivity contribution in [2.24, 2.45) is 0 Å². The third-order valence-electron chi connectivity index (χ3n) is 4.44. The Balaban J connectivity index is 1.85. The first kappa shape index (κ1) is 15.6. The minimum atomic E-state index is 0.0520. The quantitative estimate of drug-likeness (QED) is 0.841. The van der Waals surface area contributed by atoms with Gasteiger partial charge in [0.25, 0.3) is 0 Å². The Morgan fingerprint density at radius 1 is 1.09 bits per heavy atom. The normalized spacial score (nSPS) is 14.9. The molecule has 1 aliphatic rings. The molecule has 1 heterocycles. The van der Waals surface area contributed by atoms with Gasteiger partial charge in [-0.05, 0) is 63.3 Å². The van der Waals surface area contributed by atoms with Crippen molar-refractivity contribution in [3.8, 4) is 5.75 Å². The van der Waals surface area contributed by atoms with Gasteiger partial charge in [-0.15, -0.1) is 0 Å². The highest BCUT2D eigenvalue weighted by Crippen LogP contribution is 2.28. The number of rotatable bonds is 4. The Morgan fingerprint density at radius 2 is 1.78 bits per heavy atom. The Labute approximate surface area is 137 Å². The first-order valence-electron chi connectivity index (χ1n) is 8.18. The average Bonchev–Trinajstić information content (AvgIpc) is 2.44. The monoisotopic (exact) mass is 309 g/mol. The van der Waals surface area contributed by atoms with Crippen molar-refractivity contribution >= 4 is 12.3 Å². The van der Waals surface area contributed by atoms with E-state index in [-0.39, 0.29) is 5.43 Å². The topological polar surface area (TPSA) is 31.2 Å². The van der Waals surface area contributed by atoms with E-state index < -0.39 is 0 Å². The molecule has 3 nitrogen and oxygen atoms in total. The second-order valence-electron chi connectivity index (χ2n) is 6.36. The molecule has 1 aromatic carbocycles. The summed E-state index contributed by atoms with van der Waals surface area (Å²) in [5.41, 5.74) is 4.19. The highest BCUT2D eigenvalue weighted by molar-refractivity contribution is 5.63. The van der Waals surface area contributed by atoms with E-state index in [1.165, 1.54) is 12.0 Å². The molecular formula is C20H23NO2. The number of hydrogen-bond acceptors (Lipinski definition) is 2. The summed E-state index contributed by atoms with van der Waals surface area (Å²) >= 11 is 0. The third kappa shape index (κ3) is 3.55. The molecule has 2 aromatic rings. The van der Waals surface area contributed by atoms with Crippen molar-refractivity contribution in [1.29, 1.82) is 0 Å². The van der Waals surface area contributed by atoms with Gasteiger partial charge in [-0.1, -0.05) is 12.1 Å². The van der Waals surface area contributed by atoms with Crippen molar-refractivity contribution in [1.82, 2.24) is 4.57 Å². The SMILES string of the molecule is Cc1ccc(/C=C/n2c(C)cc(=O)cc2C)cc1OC1CCC1. The van der Waals surface area contributed by atoms with Gasteiger partial charge in [0.1, 0.15) is 5.75 Å². The summed E-state index contributed by atoms with van der Waals surface area (Å²) in [5, 5.41) is 0. The van der Waals surface area contributed by atoms with Crippen LogP contribution >= 0.6 is 0 Å². The van der Waals surface area contributed by atoms with E-state index in [1.807, 2.05) is 24.6 Å². The standard InChI is InChI=1S/C20H23NO2/c1-14-7-8-17(13-20(14)23-19-5-4-6-19)9-10-21-15(2)11-18(22)12-16(21)3/h7-13,19H,4-6H2,1-3H3/b10-9+. The molecule has 0 bridgehead atoms. The molecule has 3 rings (SSSR count). The first-order chi connectivity index (χ1) is 11.0. The van der Waals surface area contributed by atoms with Gasteiger partial charge in [-0.25, -0.2) is 0 Å². The lowest BCUT2D eigenvalue weighted by atomic mass is 9.96. The highest BCUT2D eigenvalue weighted by atomic mass is 16.5. The second-order valence-corrected chi connectivity index (χ2v) is 6.36. The van der Waals surface area contributed by atoms with E-state index in [1.54, 1.807) is 12.1 Å². The molecule has 3 heteroatoms. The molecule has 120 valence electrons. The minimum absolute atomic E-state index is 0.0520. The van der Waals surface area contributed by atoms with Gasteiger partial charge in [0.15, 0.2) is 5.43 Å². The van der Waals surface area contributed by atoms with Crippen LogP contribution in [0.5, 0.6) is 5.75 Å². The molecule has 1 fully saturated rings.